The molecule has 24 heavy (non-hydrogen) atoms. The third kappa shape index (κ3) is 4.18. The van der Waals surface area contributed by atoms with E-state index >= 15 is 0 Å². The molecular formula is C20H25BrN2O. The van der Waals surface area contributed by atoms with Gasteiger partial charge in [-0.2, -0.15) is 0 Å². The van der Waals surface area contributed by atoms with Crippen LogP contribution in [-0.4, -0.2) is 37.7 Å². The van der Waals surface area contributed by atoms with Gasteiger partial charge in [0, 0.05) is 24.1 Å². The third-order valence-electron chi connectivity index (χ3n) is 4.45. The minimum Gasteiger partial charge on any atom is -0.494 e. The maximum Gasteiger partial charge on any atom is 0.119 e. The van der Waals surface area contributed by atoms with Crippen molar-refractivity contribution in [2.24, 2.45) is 0 Å². The van der Waals surface area contributed by atoms with Gasteiger partial charge in [-0.15, -0.1) is 0 Å². The second-order valence-corrected chi connectivity index (χ2v) is 6.92. The minimum atomic E-state index is 0.260. The van der Waals surface area contributed by atoms with E-state index in [-0.39, 0.29) is 6.04 Å². The number of benzene rings is 2. The fourth-order valence-corrected chi connectivity index (χ4v) is 3.82. The minimum absolute atomic E-state index is 0.260. The lowest BCUT2D eigenvalue weighted by Gasteiger charge is -2.32. The molecule has 0 amide bonds. The van der Waals surface area contributed by atoms with Gasteiger partial charge in [-0.3, -0.25) is 4.90 Å². The Morgan fingerprint density at radius 1 is 1.08 bits per heavy atom. The standard InChI is InChI=1S/C20H25BrN2O/c1-2-24-17-10-8-16(9-11-17)20(18-6-3-4-7-19(18)21)23-14-5-12-22-13-15-23/h3-4,6-11,20,22H,2,5,12-15H2,1H3. The maximum atomic E-state index is 5.60. The molecule has 1 heterocycles. The molecule has 128 valence electrons. The lowest BCUT2D eigenvalue weighted by Crippen LogP contribution is -2.33. The van der Waals surface area contributed by atoms with Crippen molar-refractivity contribution >= 4 is 15.9 Å². The molecule has 2 aromatic carbocycles. The normalized spacial score (nSPS) is 17.2. The average Bonchev–Trinajstić information content (AvgIpc) is 2.88. The van der Waals surface area contributed by atoms with Gasteiger partial charge in [-0.05, 0) is 49.2 Å². The fraction of sp³-hybridized carbons (Fsp3) is 0.400. The first kappa shape index (κ1) is 17.5. The molecule has 1 unspecified atom stereocenters. The van der Waals surface area contributed by atoms with Crippen molar-refractivity contribution in [3.63, 3.8) is 0 Å². The second-order valence-electron chi connectivity index (χ2n) is 6.07. The maximum absolute atomic E-state index is 5.60. The first-order valence-electron chi connectivity index (χ1n) is 8.71. The zero-order valence-corrected chi connectivity index (χ0v) is 15.8. The van der Waals surface area contributed by atoms with Crippen LogP contribution in [0.1, 0.15) is 30.5 Å². The number of nitrogens with one attached hydrogen (secondary N) is 1. The summed E-state index contributed by atoms with van der Waals surface area (Å²) in [4.78, 5) is 2.58. The lowest BCUT2D eigenvalue weighted by molar-refractivity contribution is 0.240. The number of ether oxygens (including phenoxy) is 1. The molecule has 2 aromatic rings. The summed E-state index contributed by atoms with van der Waals surface area (Å²) in [5.41, 5.74) is 2.64. The van der Waals surface area contributed by atoms with Crippen molar-refractivity contribution in [3.8, 4) is 5.75 Å². The van der Waals surface area contributed by atoms with Crippen LogP contribution in [0, 0.1) is 0 Å². The van der Waals surface area contributed by atoms with Crippen molar-refractivity contribution in [1.82, 2.24) is 10.2 Å². The van der Waals surface area contributed by atoms with Crippen molar-refractivity contribution in [1.29, 1.82) is 0 Å². The van der Waals surface area contributed by atoms with E-state index in [4.69, 9.17) is 4.74 Å². The Balaban J connectivity index is 1.96. The topological polar surface area (TPSA) is 24.5 Å². The highest BCUT2D eigenvalue weighted by Gasteiger charge is 2.24. The van der Waals surface area contributed by atoms with E-state index in [1.807, 2.05) is 6.92 Å². The van der Waals surface area contributed by atoms with Crippen LogP contribution in [0.15, 0.2) is 53.0 Å². The lowest BCUT2D eigenvalue weighted by atomic mass is 9.96. The van der Waals surface area contributed by atoms with Crippen LogP contribution >= 0.6 is 15.9 Å². The van der Waals surface area contributed by atoms with E-state index in [0.29, 0.717) is 6.61 Å². The van der Waals surface area contributed by atoms with E-state index in [0.717, 1.165) is 31.9 Å². The highest BCUT2D eigenvalue weighted by molar-refractivity contribution is 9.10. The summed E-state index contributed by atoms with van der Waals surface area (Å²) in [5.74, 6) is 0.935. The molecule has 1 aliphatic heterocycles. The number of nitrogens with zero attached hydrogens (tertiary/aromatic N) is 1. The first-order chi connectivity index (χ1) is 11.8. The van der Waals surface area contributed by atoms with Crippen LogP contribution in [0.3, 0.4) is 0 Å². The predicted molar refractivity (Wildman–Crippen MR) is 103 cm³/mol. The van der Waals surface area contributed by atoms with Gasteiger partial charge >= 0.3 is 0 Å². The van der Waals surface area contributed by atoms with E-state index in [1.165, 1.54) is 22.0 Å². The molecule has 1 N–H and O–H groups in total. The molecule has 0 saturated carbocycles. The molecular weight excluding hydrogens is 364 g/mol. The monoisotopic (exact) mass is 388 g/mol. The second kappa shape index (κ2) is 8.65. The molecule has 0 aliphatic carbocycles. The fourth-order valence-electron chi connectivity index (χ4n) is 3.32. The summed E-state index contributed by atoms with van der Waals surface area (Å²) in [6, 6.07) is 17.4. The van der Waals surface area contributed by atoms with Crippen molar-refractivity contribution in [2.75, 3.05) is 32.8 Å². The molecule has 3 nitrogen and oxygen atoms in total. The molecule has 1 fully saturated rings. The van der Waals surface area contributed by atoms with Crippen LogP contribution in [0.2, 0.25) is 0 Å². The molecule has 1 aliphatic rings. The van der Waals surface area contributed by atoms with Crippen molar-refractivity contribution in [3.05, 3.63) is 64.1 Å². The van der Waals surface area contributed by atoms with Gasteiger partial charge in [-0.1, -0.05) is 46.3 Å². The summed E-state index contributed by atoms with van der Waals surface area (Å²) < 4.78 is 6.77. The summed E-state index contributed by atoms with van der Waals surface area (Å²) in [6.07, 6.45) is 1.18. The van der Waals surface area contributed by atoms with E-state index in [2.05, 4.69) is 74.7 Å². The molecule has 0 aromatic heterocycles. The Bertz CT molecular complexity index is 636. The molecule has 0 spiro atoms. The van der Waals surface area contributed by atoms with Gasteiger partial charge in [0.25, 0.3) is 0 Å². The SMILES string of the molecule is CCOc1ccc(C(c2ccccc2Br)N2CCCNCC2)cc1. The Morgan fingerprint density at radius 3 is 2.62 bits per heavy atom. The van der Waals surface area contributed by atoms with E-state index in [1.54, 1.807) is 0 Å². The number of hydrogen-bond donors (Lipinski definition) is 1. The van der Waals surface area contributed by atoms with Crippen LogP contribution in [-0.2, 0) is 0 Å². The molecule has 1 atom stereocenters. The van der Waals surface area contributed by atoms with Gasteiger partial charge < -0.3 is 10.1 Å². The Hall–Kier alpha value is -1.36. The van der Waals surface area contributed by atoms with Gasteiger partial charge in [0.15, 0.2) is 0 Å². The quantitative estimate of drug-likeness (QED) is 0.828. The zero-order chi connectivity index (χ0) is 16.8. The molecule has 0 bridgehead atoms. The smallest absolute Gasteiger partial charge is 0.119 e. The highest BCUT2D eigenvalue weighted by atomic mass is 79.9. The Kier molecular flexibility index (Phi) is 6.30. The predicted octanol–water partition coefficient (Wildman–Crippen LogP) is 4.23. The first-order valence-corrected chi connectivity index (χ1v) is 9.51. The van der Waals surface area contributed by atoms with Crippen LogP contribution in [0.25, 0.3) is 0 Å². The summed E-state index contributed by atoms with van der Waals surface area (Å²) in [6.45, 7) is 7.01. The van der Waals surface area contributed by atoms with Crippen LogP contribution in [0.5, 0.6) is 5.75 Å². The van der Waals surface area contributed by atoms with Gasteiger partial charge in [0.2, 0.25) is 0 Å². The Labute approximate surface area is 153 Å². The highest BCUT2D eigenvalue weighted by Crippen LogP contribution is 2.34. The van der Waals surface area contributed by atoms with Crippen LogP contribution < -0.4 is 10.1 Å². The number of halogens is 1. The summed E-state index contributed by atoms with van der Waals surface area (Å²) >= 11 is 3.75. The zero-order valence-electron chi connectivity index (χ0n) is 14.2. The molecule has 0 radical (unpaired) electrons. The van der Waals surface area contributed by atoms with E-state index < -0.39 is 0 Å². The van der Waals surface area contributed by atoms with Gasteiger partial charge in [0.05, 0.1) is 12.6 Å². The third-order valence-corrected chi connectivity index (χ3v) is 5.17. The van der Waals surface area contributed by atoms with Crippen molar-refractivity contribution < 1.29 is 4.74 Å². The van der Waals surface area contributed by atoms with Gasteiger partial charge in [-0.25, -0.2) is 0 Å². The largest absolute Gasteiger partial charge is 0.494 e. The molecule has 4 heteroatoms. The summed E-state index contributed by atoms with van der Waals surface area (Å²) in [7, 11) is 0. The van der Waals surface area contributed by atoms with Gasteiger partial charge in [0.1, 0.15) is 5.75 Å². The molecule has 1 saturated heterocycles. The Morgan fingerprint density at radius 2 is 1.88 bits per heavy atom. The number of hydrogen-bond acceptors (Lipinski definition) is 3. The van der Waals surface area contributed by atoms with Crippen molar-refractivity contribution in [2.45, 2.75) is 19.4 Å². The number of rotatable bonds is 5. The average molecular weight is 389 g/mol. The van der Waals surface area contributed by atoms with E-state index in [9.17, 15) is 0 Å². The summed E-state index contributed by atoms with van der Waals surface area (Å²) in [5, 5.41) is 3.50. The molecule has 3 rings (SSSR count). The van der Waals surface area contributed by atoms with Crippen LogP contribution in [0.4, 0.5) is 0 Å².